The molecular weight excluding hydrogens is 446 g/mol. The molecule has 166 valence electrons. The van der Waals surface area contributed by atoms with E-state index in [-0.39, 0.29) is 10.1 Å². The van der Waals surface area contributed by atoms with Gasteiger partial charge in [-0.2, -0.15) is 9.57 Å². The van der Waals surface area contributed by atoms with Crippen LogP contribution in [-0.4, -0.2) is 59.0 Å². The van der Waals surface area contributed by atoms with Crippen LogP contribution < -0.4 is 0 Å². The fourth-order valence-electron chi connectivity index (χ4n) is 3.41. The predicted molar refractivity (Wildman–Crippen MR) is 122 cm³/mol. The van der Waals surface area contributed by atoms with Crippen molar-refractivity contribution in [3.8, 4) is 17.5 Å². The van der Waals surface area contributed by atoms with Crippen LogP contribution >= 0.6 is 11.8 Å². The Morgan fingerprint density at radius 2 is 1.88 bits per heavy atom. The monoisotopic (exact) mass is 469 g/mol. The minimum absolute atomic E-state index is 0.214. The summed E-state index contributed by atoms with van der Waals surface area (Å²) in [6, 6.07) is 18.9. The molecule has 0 radical (unpaired) electrons. The van der Waals surface area contributed by atoms with Crippen LogP contribution in [0, 0.1) is 11.3 Å². The van der Waals surface area contributed by atoms with E-state index in [4.69, 9.17) is 4.74 Å². The van der Waals surface area contributed by atoms with Gasteiger partial charge in [-0.1, -0.05) is 54.2 Å². The molecule has 2 heterocycles. The summed E-state index contributed by atoms with van der Waals surface area (Å²) < 4.78 is 34.9. The lowest BCUT2D eigenvalue weighted by atomic mass is 10.2. The Balaban J connectivity index is 1.73. The van der Waals surface area contributed by atoms with Crippen molar-refractivity contribution in [1.82, 2.24) is 19.1 Å². The molecule has 0 N–H and O–H groups in total. The van der Waals surface area contributed by atoms with Gasteiger partial charge < -0.3 is 4.74 Å². The highest BCUT2D eigenvalue weighted by Crippen LogP contribution is 2.29. The highest BCUT2D eigenvalue weighted by atomic mass is 32.2. The van der Waals surface area contributed by atoms with E-state index < -0.39 is 10.0 Å². The molecule has 0 bridgehead atoms. The normalized spacial score (nSPS) is 15.9. The molecule has 32 heavy (non-hydrogen) atoms. The van der Waals surface area contributed by atoms with E-state index in [2.05, 4.69) is 16.3 Å². The van der Waals surface area contributed by atoms with Crippen molar-refractivity contribution in [2.24, 2.45) is 0 Å². The average molecular weight is 470 g/mol. The zero-order valence-electron chi connectivity index (χ0n) is 17.6. The van der Waals surface area contributed by atoms with Crippen LogP contribution in [0.5, 0.6) is 0 Å². The number of thioether (sulfide) groups is 1. The zero-order valence-corrected chi connectivity index (χ0v) is 19.2. The molecule has 8 nitrogen and oxygen atoms in total. The number of hydrogen-bond donors (Lipinski definition) is 0. The summed E-state index contributed by atoms with van der Waals surface area (Å²) in [5.41, 5.74) is 1.70. The van der Waals surface area contributed by atoms with Gasteiger partial charge in [0.25, 0.3) is 0 Å². The van der Waals surface area contributed by atoms with Crippen molar-refractivity contribution >= 4 is 21.8 Å². The van der Waals surface area contributed by atoms with E-state index in [0.29, 0.717) is 49.4 Å². The number of rotatable bonds is 7. The highest BCUT2D eigenvalue weighted by Gasteiger charge is 2.27. The molecule has 3 aromatic rings. The van der Waals surface area contributed by atoms with Crippen molar-refractivity contribution in [2.75, 3.05) is 26.3 Å². The van der Waals surface area contributed by atoms with Gasteiger partial charge in [-0.25, -0.2) is 8.42 Å². The summed E-state index contributed by atoms with van der Waals surface area (Å²) >= 11 is 1.33. The quantitative estimate of drug-likeness (QED) is 0.490. The lowest BCUT2D eigenvalue weighted by Crippen LogP contribution is -2.40. The third kappa shape index (κ3) is 4.86. The first-order chi connectivity index (χ1) is 15.5. The van der Waals surface area contributed by atoms with Gasteiger partial charge >= 0.3 is 0 Å². The molecule has 4 rings (SSSR count). The highest BCUT2D eigenvalue weighted by molar-refractivity contribution is 8.00. The van der Waals surface area contributed by atoms with E-state index in [0.717, 1.165) is 5.56 Å². The minimum atomic E-state index is -3.63. The van der Waals surface area contributed by atoms with Crippen molar-refractivity contribution < 1.29 is 13.2 Å². The Labute approximate surface area is 191 Å². The third-order valence-corrected chi connectivity index (χ3v) is 7.93. The number of sulfonamides is 1. The van der Waals surface area contributed by atoms with Gasteiger partial charge in [0.2, 0.25) is 10.0 Å². The third-order valence-electron chi connectivity index (χ3n) is 5.06. The molecule has 1 atom stereocenters. The Kier molecular flexibility index (Phi) is 6.91. The van der Waals surface area contributed by atoms with E-state index in [1.54, 1.807) is 25.1 Å². The molecule has 0 amide bonds. The summed E-state index contributed by atoms with van der Waals surface area (Å²) in [6.07, 6.45) is 0. The molecule has 1 saturated heterocycles. The summed E-state index contributed by atoms with van der Waals surface area (Å²) in [4.78, 5) is 0.214. The molecule has 1 unspecified atom stereocenters. The van der Waals surface area contributed by atoms with Crippen LogP contribution in [-0.2, 0) is 21.3 Å². The Morgan fingerprint density at radius 1 is 1.12 bits per heavy atom. The van der Waals surface area contributed by atoms with Gasteiger partial charge in [0, 0.05) is 18.7 Å². The number of morpholine rings is 1. The first-order valence-corrected chi connectivity index (χ1v) is 12.5. The standard InChI is InChI=1S/C22H23N5O3S2/c1-17(15-23)31-22-25-24-21(27(22)16-18-6-3-2-4-7-18)19-8-5-9-20(14-19)32(28,29)26-10-12-30-13-11-26/h2-9,14,17H,10-13,16H2,1H3. The number of hydrogen-bond acceptors (Lipinski definition) is 7. The van der Waals surface area contributed by atoms with Crippen molar-refractivity contribution in [2.45, 2.75) is 28.8 Å². The van der Waals surface area contributed by atoms with Gasteiger partial charge in [-0.05, 0) is 24.6 Å². The average Bonchev–Trinajstić information content (AvgIpc) is 3.22. The van der Waals surface area contributed by atoms with Crippen LogP contribution in [0.2, 0.25) is 0 Å². The first-order valence-electron chi connectivity index (χ1n) is 10.2. The number of aromatic nitrogens is 3. The van der Waals surface area contributed by atoms with Crippen molar-refractivity contribution in [3.63, 3.8) is 0 Å². The van der Waals surface area contributed by atoms with Gasteiger partial charge in [0.05, 0.1) is 36.0 Å². The summed E-state index contributed by atoms with van der Waals surface area (Å²) in [7, 11) is -3.63. The molecule has 10 heteroatoms. The lowest BCUT2D eigenvalue weighted by Gasteiger charge is -2.26. The summed E-state index contributed by atoms with van der Waals surface area (Å²) in [5.74, 6) is 0.556. The smallest absolute Gasteiger partial charge is 0.243 e. The topological polar surface area (TPSA) is 101 Å². The van der Waals surface area contributed by atoms with E-state index in [9.17, 15) is 13.7 Å². The Bertz CT molecular complexity index is 1220. The van der Waals surface area contributed by atoms with Gasteiger partial charge in [-0.15, -0.1) is 10.2 Å². The maximum atomic E-state index is 13.1. The SMILES string of the molecule is CC(C#N)Sc1nnc(-c2cccc(S(=O)(=O)N3CCOCC3)c2)n1Cc1ccccc1. The molecule has 1 aliphatic rings. The van der Waals surface area contributed by atoms with Crippen molar-refractivity contribution in [1.29, 1.82) is 5.26 Å². The second-order valence-corrected chi connectivity index (χ2v) is 10.6. The molecule has 0 spiro atoms. The molecule has 1 aliphatic heterocycles. The number of nitrogens with zero attached hydrogens (tertiary/aromatic N) is 5. The first kappa shape index (κ1) is 22.5. The summed E-state index contributed by atoms with van der Waals surface area (Å²) in [6.45, 7) is 3.77. The predicted octanol–water partition coefficient (Wildman–Crippen LogP) is 3.02. The molecule has 0 aliphatic carbocycles. The molecule has 1 aromatic heterocycles. The zero-order chi connectivity index (χ0) is 22.6. The van der Waals surface area contributed by atoms with Crippen LogP contribution in [0.4, 0.5) is 0 Å². The maximum Gasteiger partial charge on any atom is 0.243 e. The molecule has 1 fully saturated rings. The Morgan fingerprint density at radius 3 is 2.59 bits per heavy atom. The van der Waals surface area contributed by atoms with E-state index >= 15 is 0 Å². The lowest BCUT2D eigenvalue weighted by molar-refractivity contribution is 0.0730. The van der Waals surface area contributed by atoms with Gasteiger partial charge in [0.15, 0.2) is 11.0 Å². The minimum Gasteiger partial charge on any atom is -0.379 e. The molecular formula is C22H23N5O3S2. The van der Waals surface area contributed by atoms with Crippen LogP contribution in [0.3, 0.4) is 0 Å². The second kappa shape index (κ2) is 9.83. The van der Waals surface area contributed by atoms with E-state index in [1.807, 2.05) is 41.0 Å². The van der Waals surface area contributed by atoms with Gasteiger partial charge in [0.1, 0.15) is 0 Å². The molecule has 2 aromatic carbocycles. The maximum absolute atomic E-state index is 13.1. The summed E-state index contributed by atoms with van der Waals surface area (Å²) in [5, 5.41) is 18.2. The number of ether oxygens (including phenoxy) is 1. The van der Waals surface area contributed by atoms with Crippen LogP contribution in [0.15, 0.2) is 64.6 Å². The second-order valence-electron chi connectivity index (χ2n) is 7.31. The fraction of sp³-hybridized carbons (Fsp3) is 0.318. The van der Waals surface area contributed by atoms with Crippen LogP contribution in [0.25, 0.3) is 11.4 Å². The van der Waals surface area contributed by atoms with E-state index in [1.165, 1.54) is 16.1 Å². The number of benzene rings is 2. The Hall–Kier alpha value is -2.71. The van der Waals surface area contributed by atoms with Crippen molar-refractivity contribution in [3.05, 3.63) is 60.2 Å². The fourth-order valence-corrected chi connectivity index (χ4v) is 5.60. The van der Waals surface area contributed by atoms with Gasteiger partial charge in [-0.3, -0.25) is 4.57 Å². The largest absolute Gasteiger partial charge is 0.379 e. The van der Waals surface area contributed by atoms with Crippen LogP contribution in [0.1, 0.15) is 12.5 Å². The molecule has 0 saturated carbocycles. The number of nitriles is 1.